The van der Waals surface area contributed by atoms with Crippen LogP contribution in [0.5, 0.6) is 0 Å². The molecule has 3 rings (SSSR count). The topological polar surface area (TPSA) is 66.6 Å². The molecule has 2 fully saturated rings. The summed E-state index contributed by atoms with van der Waals surface area (Å²) >= 11 is 0. The van der Waals surface area contributed by atoms with E-state index in [-0.39, 0.29) is 5.56 Å². The highest BCUT2D eigenvalue weighted by Gasteiger charge is 2.31. The van der Waals surface area contributed by atoms with E-state index in [0.29, 0.717) is 5.69 Å². The Morgan fingerprint density at radius 3 is 2.65 bits per heavy atom. The molecule has 0 amide bonds. The fourth-order valence-electron chi connectivity index (χ4n) is 3.78. The van der Waals surface area contributed by atoms with Gasteiger partial charge in [-0.2, -0.15) is 0 Å². The summed E-state index contributed by atoms with van der Waals surface area (Å²) in [6.45, 7) is 2.16. The summed E-state index contributed by atoms with van der Waals surface area (Å²) < 4.78 is 0. The molecule has 2 atom stereocenters. The van der Waals surface area contributed by atoms with Crippen LogP contribution in [0, 0.1) is 11.8 Å². The van der Waals surface area contributed by atoms with Gasteiger partial charge in [-0.1, -0.05) is 19.3 Å². The van der Waals surface area contributed by atoms with Crippen molar-refractivity contribution in [2.45, 2.75) is 32.1 Å². The number of carboxylic acid groups (broad SMARTS) is 1. The van der Waals surface area contributed by atoms with E-state index in [1.807, 2.05) is 12.1 Å². The Morgan fingerprint density at radius 2 is 1.95 bits per heavy atom. The molecule has 1 aliphatic carbocycles. The average molecular weight is 274 g/mol. The van der Waals surface area contributed by atoms with E-state index >= 15 is 0 Å². The Balaban J connectivity index is 1.76. The van der Waals surface area contributed by atoms with Gasteiger partial charge >= 0.3 is 5.97 Å². The van der Waals surface area contributed by atoms with Gasteiger partial charge in [0, 0.05) is 24.5 Å². The molecule has 0 aromatic heterocycles. The average Bonchev–Trinajstić information content (AvgIpc) is 2.46. The fraction of sp³-hybridized carbons (Fsp3) is 0.562. The molecule has 1 heterocycles. The molecule has 4 nitrogen and oxygen atoms in total. The molecule has 1 saturated heterocycles. The molecule has 0 bridgehead atoms. The van der Waals surface area contributed by atoms with Crippen LogP contribution >= 0.6 is 0 Å². The van der Waals surface area contributed by atoms with Crippen LogP contribution in [0.1, 0.15) is 42.5 Å². The largest absolute Gasteiger partial charge is 0.478 e. The van der Waals surface area contributed by atoms with Gasteiger partial charge in [0.25, 0.3) is 0 Å². The number of piperidine rings is 1. The predicted octanol–water partition coefficient (Wildman–Crippen LogP) is 2.98. The van der Waals surface area contributed by atoms with Gasteiger partial charge in [0.2, 0.25) is 0 Å². The summed E-state index contributed by atoms with van der Waals surface area (Å²) in [6.07, 6.45) is 6.73. The first-order chi connectivity index (χ1) is 9.65. The van der Waals surface area contributed by atoms with Gasteiger partial charge < -0.3 is 15.7 Å². The highest BCUT2D eigenvalue weighted by Crippen LogP contribution is 2.37. The Labute approximate surface area is 119 Å². The number of anilines is 2. The molecule has 0 spiro atoms. The van der Waals surface area contributed by atoms with Crippen LogP contribution in [-0.4, -0.2) is 24.2 Å². The van der Waals surface area contributed by atoms with E-state index in [1.54, 1.807) is 6.07 Å². The summed E-state index contributed by atoms with van der Waals surface area (Å²) in [5.74, 6) is 0.744. The van der Waals surface area contributed by atoms with Gasteiger partial charge in [0.1, 0.15) is 0 Å². The van der Waals surface area contributed by atoms with Crippen molar-refractivity contribution in [3.8, 4) is 0 Å². The molecular formula is C16H22N2O2. The third-order valence-electron chi connectivity index (χ3n) is 4.92. The van der Waals surface area contributed by atoms with Crippen LogP contribution in [0.2, 0.25) is 0 Å². The number of carboxylic acids is 1. The first kappa shape index (κ1) is 13.3. The summed E-state index contributed by atoms with van der Waals surface area (Å²) in [6, 6.07) is 5.33. The molecule has 108 valence electrons. The zero-order valence-electron chi connectivity index (χ0n) is 11.7. The van der Waals surface area contributed by atoms with Crippen molar-refractivity contribution >= 4 is 17.3 Å². The Kier molecular flexibility index (Phi) is 3.55. The normalized spacial score (nSPS) is 26.1. The van der Waals surface area contributed by atoms with Crippen LogP contribution in [0.3, 0.4) is 0 Å². The summed E-state index contributed by atoms with van der Waals surface area (Å²) in [5, 5.41) is 9.03. The molecule has 20 heavy (non-hydrogen) atoms. The minimum Gasteiger partial charge on any atom is -0.478 e. The molecule has 1 aromatic rings. The first-order valence-corrected chi connectivity index (χ1v) is 7.53. The number of fused-ring (bicyclic) bond motifs is 1. The quantitative estimate of drug-likeness (QED) is 0.814. The summed E-state index contributed by atoms with van der Waals surface area (Å²) in [7, 11) is 0. The number of carbonyl (C=O) groups is 1. The summed E-state index contributed by atoms with van der Waals surface area (Å²) in [5.41, 5.74) is 7.48. The lowest BCUT2D eigenvalue weighted by Crippen LogP contribution is -2.41. The Bertz CT molecular complexity index is 515. The number of nitrogen functional groups attached to an aromatic ring is 1. The minimum absolute atomic E-state index is 0.196. The zero-order chi connectivity index (χ0) is 14.1. The first-order valence-electron chi connectivity index (χ1n) is 7.53. The van der Waals surface area contributed by atoms with Crippen molar-refractivity contribution in [1.29, 1.82) is 0 Å². The molecule has 4 heteroatoms. The van der Waals surface area contributed by atoms with Crippen LogP contribution in [-0.2, 0) is 0 Å². The smallest absolute Gasteiger partial charge is 0.337 e. The van der Waals surface area contributed by atoms with Gasteiger partial charge in [-0.15, -0.1) is 0 Å². The fourth-order valence-corrected chi connectivity index (χ4v) is 3.78. The number of hydrogen-bond donors (Lipinski definition) is 2. The van der Waals surface area contributed by atoms with Crippen molar-refractivity contribution in [3.63, 3.8) is 0 Å². The van der Waals surface area contributed by atoms with Crippen molar-refractivity contribution < 1.29 is 9.90 Å². The number of rotatable bonds is 2. The highest BCUT2D eigenvalue weighted by atomic mass is 16.4. The maximum Gasteiger partial charge on any atom is 0.337 e. The van der Waals surface area contributed by atoms with E-state index in [9.17, 15) is 4.79 Å². The lowest BCUT2D eigenvalue weighted by molar-refractivity contribution is 0.0698. The van der Waals surface area contributed by atoms with Gasteiger partial charge in [-0.3, -0.25) is 0 Å². The third kappa shape index (κ3) is 2.47. The van der Waals surface area contributed by atoms with Crippen molar-refractivity contribution in [2.24, 2.45) is 11.8 Å². The molecule has 1 aromatic carbocycles. The molecular weight excluding hydrogens is 252 g/mol. The predicted molar refractivity (Wildman–Crippen MR) is 80.1 cm³/mol. The second-order valence-electron chi connectivity index (χ2n) is 6.12. The van der Waals surface area contributed by atoms with E-state index in [1.165, 1.54) is 32.1 Å². The lowest BCUT2D eigenvalue weighted by atomic mass is 9.75. The molecule has 2 aliphatic rings. The van der Waals surface area contributed by atoms with E-state index < -0.39 is 5.97 Å². The Morgan fingerprint density at radius 1 is 1.20 bits per heavy atom. The van der Waals surface area contributed by atoms with Crippen molar-refractivity contribution in [3.05, 3.63) is 23.8 Å². The van der Waals surface area contributed by atoms with E-state index in [0.717, 1.165) is 30.6 Å². The van der Waals surface area contributed by atoms with Gasteiger partial charge in [0.05, 0.1) is 5.56 Å². The van der Waals surface area contributed by atoms with Crippen LogP contribution in [0.4, 0.5) is 11.4 Å². The minimum atomic E-state index is -0.958. The van der Waals surface area contributed by atoms with Crippen molar-refractivity contribution in [1.82, 2.24) is 0 Å². The number of hydrogen-bond acceptors (Lipinski definition) is 3. The maximum atomic E-state index is 11.0. The van der Waals surface area contributed by atoms with Crippen molar-refractivity contribution in [2.75, 3.05) is 23.7 Å². The highest BCUT2D eigenvalue weighted by molar-refractivity contribution is 5.94. The van der Waals surface area contributed by atoms with E-state index in [2.05, 4.69) is 4.90 Å². The SMILES string of the molecule is Nc1cc(N2CCC3CCCCC3C2)ccc1C(=O)O. The lowest BCUT2D eigenvalue weighted by Gasteiger charge is -2.42. The number of benzene rings is 1. The molecule has 0 radical (unpaired) electrons. The third-order valence-corrected chi connectivity index (χ3v) is 4.92. The number of nitrogens with zero attached hydrogens (tertiary/aromatic N) is 1. The molecule has 1 saturated carbocycles. The monoisotopic (exact) mass is 274 g/mol. The molecule has 3 N–H and O–H groups in total. The van der Waals surface area contributed by atoms with Crippen LogP contribution in [0.25, 0.3) is 0 Å². The molecule has 2 unspecified atom stereocenters. The van der Waals surface area contributed by atoms with Gasteiger partial charge in [0.15, 0.2) is 0 Å². The Hall–Kier alpha value is -1.71. The zero-order valence-corrected chi connectivity index (χ0v) is 11.7. The summed E-state index contributed by atoms with van der Waals surface area (Å²) in [4.78, 5) is 13.4. The van der Waals surface area contributed by atoms with Gasteiger partial charge in [-0.25, -0.2) is 4.79 Å². The second kappa shape index (κ2) is 5.35. The second-order valence-corrected chi connectivity index (χ2v) is 6.12. The number of nitrogens with two attached hydrogens (primary N) is 1. The maximum absolute atomic E-state index is 11.0. The van der Waals surface area contributed by atoms with E-state index in [4.69, 9.17) is 10.8 Å². The van der Waals surface area contributed by atoms with Gasteiger partial charge in [-0.05, 0) is 42.9 Å². The van der Waals surface area contributed by atoms with Crippen LogP contribution in [0.15, 0.2) is 18.2 Å². The van der Waals surface area contributed by atoms with Crippen LogP contribution < -0.4 is 10.6 Å². The number of aromatic carboxylic acids is 1. The standard InChI is InChI=1S/C16H22N2O2/c17-15-9-13(5-6-14(15)16(19)20)18-8-7-11-3-1-2-4-12(11)10-18/h5-6,9,11-12H,1-4,7-8,10,17H2,(H,19,20). The molecule has 1 aliphatic heterocycles.